The highest BCUT2D eigenvalue weighted by Gasteiger charge is 2.45. The molecule has 0 bridgehead atoms. The Labute approximate surface area is 77.5 Å². The summed E-state index contributed by atoms with van der Waals surface area (Å²) in [5, 5.41) is 9.49. The highest BCUT2D eigenvalue weighted by atomic mass is 19.1. The number of aliphatic hydroxyl groups excluding tert-OH is 1. The number of nitrogens with zero attached hydrogens (tertiary/aromatic N) is 1. The summed E-state index contributed by atoms with van der Waals surface area (Å²) < 4.78 is 18.5. The third-order valence-electron chi connectivity index (χ3n) is 2.91. The maximum absolute atomic E-state index is 13.4. The third-order valence-corrected chi connectivity index (χ3v) is 2.91. The van der Waals surface area contributed by atoms with Crippen molar-refractivity contribution in [3.8, 4) is 0 Å². The second kappa shape index (κ2) is 3.19. The Morgan fingerprint density at radius 2 is 2.23 bits per heavy atom. The highest BCUT2D eigenvalue weighted by molar-refractivity contribution is 4.98. The van der Waals surface area contributed by atoms with Gasteiger partial charge < -0.3 is 9.84 Å². The Kier molecular flexibility index (Phi) is 2.30. The van der Waals surface area contributed by atoms with Crippen LogP contribution in [0.3, 0.4) is 0 Å². The SMILES string of the molecule is CN(CC1(F)CC1)[C@@H]1COC[C@H]1O. The zero-order valence-corrected chi connectivity index (χ0v) is 7.87. The minimum atomic E-state index is -0.975. The van der Waals surface area contributed by atoms with Gasteiger partial charge in [0, 0.05) is 6.54 Å². The molecule has 1 aliphatic carbocycles. The lowest BCUT2D eigenvalue weighted by molar-refractivity contribution is 0.0778. The van der Waals surface area contributed by atoms with E-state index < -0.39 is 11.8 Å². The van der Waals surface area contributed by atoms with Crippen LogP contribution in [0.2, 0.25) is 0 Å². The van der Waals surface area contributed by atoms with Crippen LogP contribution >= 0.6 is 0 Å². The van der Waals surface area contributed by atoms with Gasteiger partial charge in [0.15, 0.2) is 0 Å². The molecular weight excluding hydrogens is 173 g/mol. The van der Waals surface area contributed by atoms with Gasteiger partial charge in [0.05, 0.1) is 25.4 Å². The Balaban J connectivity index is 1.85. The van der Waals surface area contributed by atoms with Gasteiger partial charge in [-0.1, -0.05) is 0 Å². The van der Waals surface area contributed by atoms with Crippen molar-refractivity contribution < 1.29 is 14.2 Å². The summed E-state index contributed by atoms with van der Waals surface area (Å²) in [7, 11) is 1.85. The number of rotatable bonds is 3. The summed E-state index contributed by atoms with van der Waals surface area (Å²) in [6, 6.07) is -0.0202. The average Bonchev–Trinajstić information content (AvgIpc) is 2.63. The van der Waals surface area contributed by atoms with Crippen LogP contribution < -0.4 is 0 Å². The molecule has 2 atom stereocenters. The number of ether oxygens (including phenoxy) is 1. The van der Waals surface area contributed by atoms with E-state index in [1.165, 1.54) is 0 Å². The van der Waals surface area contributed by atoms with Crippen molar-refractivity contribution in [1.29, 1.82) is 0 Å². The van der Waals surface area contributed by atoms with Gasteiger partial charge in [0.25, 0.3) is 0 Å². The molecular formula is C9H16FNO2. The van der Waals surface area contributed by atoms with E-state index in [4.69, 9.17) is 4.74 Å². The molecule has 0 aromatic carbocycles. The average molecular weight is 189 g/mol. The van der Waals surface area contributed by atoms with E-state index in [1.54, 1.807) is 0 Å². The zero-order valence-electron chi connectivity index (χ0n) is 7.87. The minimum absolute atomic E-state index is 0.0202. The summed E-state index contributed by atoms with van der Waals surface area (Å²) in [5.41, 5.74) is -0.975. The first kappa shape index (κ1) is 9.37. The van der Waals surface area contributed by atoms with Gasteiger partial charge in [-0.05, 0) is 19.9 Å². The highest BCUT2D eigenvalue weighted by Crippen LogP contribution is 2.40. The molecule has 1 heterocycles. The Morgan fingerprint density at radius 1 is 1.54 bits per heavy atom. The normalized spacial score (nSPS) is 36.9. The Morgan fingerprint density at radius 3 is 2.69 bits per heavy atom. The summed E-state index contributed by atoms with van der Waals surface area (Å²) >= 11 is 0. The number of likely N-dealkylation sites (N-methyl/N-ethyl adjacent to an activating group) is 1. The van der Waals surface area contributed by atoms with Crippen molar-refractivity contribution in [2.45, 2.75) is 30.7 Å². The Bertz CT molecular complexity index is 196. The van der Waals surface area contributed by atoms with E-state index in [2.05, 4.69) is 0 Å². The summed E-state index contributed by atoms with van der Waals surface area (Å²) in [4.78, 5) is 1.88. The van der Waals surface area contributed by atoms with Crippen molar-refractivity contribution in [3.63, 3.8) is 0 Å². The third kappa shape index (κ3) is 2.00. The number of alkyl halides is 1. The van der Waals surface area contributed by atoms with Gasteiger partial charge in [0.2, 0.25) is 0 Å². The predicted octanol–water partition coefficient (Wildman–Crippen LogP) is 0.180. The van der Waals surface area contributed by atoms with Gasteiger partial charge in [-0.15, -0.1) is 0 Å². The van der Waals surface area contributed by atoms with Crippen LogP contribution in [0, 0.1) is 0 Å². The van der Waals surface area contributed by atoms with Crippen LogP contribution in [0.4, 0.5) is 4.39 Å². The summed E-state index contributed by atoms with van der Waals surface area (Å²) in [6.07, 6.45) is 0.884. The van der Waals surface area contributed by atoms with Crippen LogP contribution in [-0.4, -0.2) is 54.6 Å². The molecule has 0 aromatic rings. The van der Waals surface area contributed by atoms with Gasteiger partial charge in [-0.3, -0.25) is 4.90 Å². The summed E-state index contributed by atoms with van der Waals surface area (Å²) in [6.45, 7) is 1.33. The lowest BCUT2D eigenvalue weighted by atomic mass is 10.2. The number of halogens is 1. The van der Waals surface area contributed by atoms with Crippen molar-refractivity contribution >= 4 is 0 Å². The number of aliphatic hydroxyl groups is 1. The molecule has 0 amide bonds. The van der Waals surface area contributed by atoms with E-state index in [0.717, 1.165) is 0 Å². The molecule has 1 N–H and O–H groups in total. The van der Waals surface area contributed by atoms with Crippen molar-refractivity contribution in [1.82, 2.24) is 4.90 Å². The molecule has 0 unspecified atom stereocenters. The first-order valence-electron chi connectivity index (χ1n) is 4.76. The summed E-state index contributed by atoms with van der Waals surface area (Å²) in [5.74, 6) is 0. The van der Waals surface area contributed by atoms with Gasteiger partial charge in [-0.25, -0.2) is 4.39 Å². The topological polar surface area (TPSA) is 32.7 Å². The molecule has 0 radical (unpaired) electrons. The van der Waals surface area contributed by atoms with E-state index in [0.29, 0.717) is 32.6 Å². The minimum Gasteiger partial charge on any atom is -0.389 e. The Hall–Kier alpha value is -0.190. The smallest absolute Gasteiger partial charge is 0.123 e. The van der Waals surface area contributed by atoms with Crippen LogP contribution in [-0.2, 0) is 4.74 Å². The van der Waals surface area contributed by atoms with Crippen molar-refractivity contribution in [3.05, 3.63) is 0 Å². The van der Waals surface area contributed by atoms with Crippen LogP contribution in [0.1, 0.15) is 12.8 Å². The van der Waals surface area contributed by atoms with E-state index in [9.17, 15) is 9.50 Å². The van der Waals surface area contributed by atoms with E-state index in [-0.39, 0.29) is 6.04 Å². The number of hydrogen-bond acceptors (Lipinski definition) is 3. The number of hydrogen-bond donors (Lipinski definition) is 1. The molecule has 2 rings (SSSR count). The fourth-order valence-corrected chi connectivity index (χ4v) is 1.81. The lowest BCUT2D eigenvalue weighted by Gasteiger charge is -2.26. The molecule has 3 nitrogen and oxygen atoms in total. The molecule has 2 aliphatic rings. The van der Waals surface area contributed by atoms with Gasteiger partial charge in [-0.2, -0.15) is 0 Å². The first-order valence-corrected chi connectivity index (χ1v) is 4.76. The maximum atomic E-state index is 13.4. The van der Waals surface area contributed by atoms with Crippen molar-refractivity contribution in [2.24, 2.45) is 0 Å². The van der Waals surface area contributed by atoms with E-state index >= 15 is 0 Å². The largest absolute Gasteiger partial charge is 0.389 e. The van der Waals surface area contributed by atoms with Gasteiger partial charge >= 0.3 is 0 Å². The first-order chi connectivity index (χ1) is 6.11. The molecule has 0 spiro atoms. The molecule has 1 saturated carbocycles. The standard InChI is InChI=1S/C9H16FNO2/c1-11(6-9(10)2-3-9)7-4-13-5-8(7)12/h7-8,12H,2-6H2,1H3/t7-,8-/m1/s1. The molecule has 1 saturated heterocycles. The molecule has 4 heteroatoms. The molecule has 2 fully saturated rings. The van der Waals surface area contributed by atoms with Crippen LogP contribution in [0.5, 0.6) is 0 Å². The molecule has 0 aromatic heterocycles. The maximum Gasteiger partial charge on any atom is 0.123 e. The van der Waals surface area contributed by atoms with Crippen molar-refractivity contribution in [2.75, 3.05) is 26.8 Å². The van der Waals surface area contributed by atoms with Crippen LogP contribution in [0.15, 0.2) is 0 Å². The van der Waals surface area contributed by atoms with Gasteiger partial charge in [0.1, 0.15) is 5.67 Å². The van der Waals surface area contributed by atoms with E-state index in [1.807, 2.05) is 11.9 Å². The predicted molar refractivity (Wildman–Crippen MR) is 46.3 cm³/mol. The lowest BCUT2D eigenvalue weighted by Crippen LogP contribution is -2.43. The fraction of sp³-hybridized carbons (Fsp3) is 1.00. The second-order valence-electron chi connectivity index (χ2n) is 4.24. The fourth-order valence-electron chi connectivity index (χ4n) is 1.81. The second-order valence-corrected chi connectivity index (χ2v) is 4.24. The monoisotopic (exact) mass is 189 g/mol. The molecule has 76 valence electrons. The zero-order chi connectivity index (χ0) is 9.47. The van der Waals surface area contributed by atoms with Crippen LogP contribution in [0.25, 0.3) is 0 Å². The molecule has 13 heavy (non-hydrogen) atoms. The quantitative estimate of drug-likeness (QED) is 0.687. The molecule has 1 aliphatic heterocycles.